The van der Waals surface area contributed by atoms with Crippen LogP contribution in [0.1, 0.15) is 12.8 Å². The quantitative estimate of drug-likeness (QED) is 0.686. The third-order valence-corrected chi connectivity index (χ3v) is 3.59. The molecule has 2 heterocycles. The van der Waals surface area contributed by atoms with Crippen LogP contribution in [0.4, 0.5) is 27.8 Å². The number of imidazole rings is 1. The van der Waals surface area contributed by atoms with Crippen LogP contribution >= 0.6 is 0 Å². The number of carbonyl (C=O) groups excluding carboxylic acids is 1. The number of aromatic nitrogens is 2. The summed E-state index contributed by atoms with van der Waals surface area (Å²) in [5.41, 5.74) is 0.923. The van der Waals surface area contributed by atoms with Crippen LogP contribution in [0.15, 0.2) is 42.6 Å². The fraction of sp³-hybridized carbons (Fsp3) is 0.176. The van der Waals surface area contributed by atoms with Crippen LogP contribution < -0.4 is 5.32 Å². The lowest BCUT2D eigenvalue weighted by Gasteiger charge is -2.08. The molecule has 1 N–H and O–H groups in total. The summed E-state index contributed by atoms with van der Waals surface area (Å²) in [6.07, 6.45) is -5.38. The lowest BCUT2D eigenvalue weighted by Crippen LogP contribution is -2.17. The number of carbonyl (C=O) groups is 1. The van der Waals surface area contributed by atoms with Gasteiger partial charge in [0.15, 0.2) is 5.82 Å². The number of hydrogen-bond acceptors (Lipinski definition) is 2. The first-order valence-electron chi connectivity index (χ1n) is 7.53. The zero-order chi connectivity index (χ0) is 18.9. The van der Waals surface area contributed by atoms with Crippen molar-refractivity contribution in [2.24, 2.45) is 0 Å². The Morgan fingerprint density at radius 1 is 1.04 bits per heavy atom. The van der Waals surface area contributed by atoms with Gasteiger partial charge in [-0.2, -0.15) is 13.2 Å². The Morgan fingerprint density at radius 3 is 2.35 bits per heavy atom. The molecular formula is C17H12F5N3O. The van der Waals surface area contributed by atoms with Crippen LogP contribution in [0.25, 0.3) is 16.9 Å². The molecule has 4 nitrogen and oxygen atoms in total. The van der Waals surface area contributed by atoms with Crippen LogP contribution in [0.5, 0.6) is 0 Å². The minimum absolute atomic E-state index is 0.0330. The Kier molecular flexibility index (Phi) is 4.62. The van der Waals surface area contributed by atoms with Gasteiger partial charge in [0.2, 0.25) is 5.91 Å². The van der Waals surface area contributed by atoms with Crippen molar-refractivity contribution in [2.45, 2.75) is 19.0 Å². The molecule has 136 valence electrons. The molecule has 0 aliphatic heterocycles. The molecule has 0 bridgehead atoms. The number of nitrogens with zero attached hydrogens (tertiary/aromatic N) is 2. The molecule has 0 spiro atoms. The van der Waals surface area contributed by atoms with E-state index in [0.717, 1.165) is 12.3 Å². The average molecular weight is 369 g/mol. The lowest BCUT2D eigenvalue weighted by atomic mass is 10.1. The van der Waals surface area contributed by atoms with Crippen LogP contribution in [-0.2, 0) is 4.79 Å². The van der Waals surface area contributed by atoms with Crippen LogP contribution in [0.3, 0.4) is 0 Å². The normalized spacial score (nSPS) is 11.7. The molecule has 9 heteroatoms. The molecular weight excluding hydrogens is 357 g/mol. The Morgan fingerprint density at radius 2 is 1.69 bits per heavy atom. The summed E-state index contributed by atoms with van der Waals surface area (Å²) >= 11 is 0. The van der Waals surface area contributed by atoms with E-state index in [9.17, 15) is 26.7 Å². The second-order valence-corrected chi connectivity index (χ2v) is 5.55. The summed E-state index contributed by atoms with van der Waals surface area (Å²) in [6.45, 7) is 0. The molecule has 3 rings (SSSR count). The maximum absolute atomic E-state index is 13.6. The van der Waals surface area contributed by atoms with Gasteiger partial charge in [-0.05, 0) is 36.4 Å². The highest BCUT2D eigenvalue weighted by Gasteiger charge is 2.28. The molecule has 0 aliphatic rings. The van der Waals surface area contributed by atoms with Gasteiger partial charge in [0.25, 0.3) is 0 Å². The Hall–Kier alpha value is -2.97. The predicted octanol–water partition coefficient (Wildman–Crippen LogP) is 4.56. The molecule has 0 aliphatic carbocycles. The summed E-state index contributed by atoms with van der Waals surface area (Å²) in [5.74, 6) is -1.98. The van der Waals surface area contributed by atoms with Gasteiger partial charge in [-0.3, -0.25) is 9.20 Å². The van der Waals surface area contributed by atoms with Gasteiger partial charge in [0.05, 0.1) is 12.1 Å². The van der Waals surface area contributed by atoms with Crippen molar-refractivity contribution >= 4 is 17.4 Å². The topological polar surface area (TPSA) is 46.4 Å². The van der Waals surface area contributed by atoms with Crippen molar-refractivity contribution in [3.8, 4) is 11.3 Å². The van der Waals surface area contributed by atoms with Crippen molar-refractivity contribution in [2.75, 3.05) is 5.32 Å². The fourth-order valence-corrected chi connectivity index (χ4v) is 2.44. The highest BCUT2D eigenvalue weighted by atomic mass is 19.4. The molecule has 0 radical (unpaired) electrons. The van der Waals surface area contributed by atoms with E-state index in [1.54, 1.807) is 0 Å². The summed E-state index contributed by atoms with van der Waals surface area (Å²) in [7, 11) is 0. The highest BCUT2D eigenvalue weighted by molar-refractivity contribution is 5.94. The van der Waals surface area contributed by atoms with Gasteiger partial charge >= 0.3 is 6.18 Å². The second kappa shape index (κ2) is 6.74. The Bertz CT molecular complexity index is 947. The minimum atomic E-state index is -4.46. The zero-order valence-electron chi connectivity index (χ0n) is 13.1. The van der Waals surface area contributed by atoms with E-state index in [1.165, 1.54) is 34.7 Å². The van der Waals surface area contributed by atoms with Crippen molar-refractivity contribution in [1.29, 1.82) is 0 Å². The van der Waals surface area contributed by atoms with E-state index in [2.05, 4.69) is 10.3 Å². The summed E-state index contributed by atoms with van der Waals surface area (Å²) in [6, 6.07) is 7.65. The number of benzene rings is 1. The van der Waals surface area contributed by atoms with Gasteiger partial charge in [-0.1, -0.05) is 0 Å². The smallest absolute Gasteiger partial charge is 0.309 e. The number of amides is 1. The maximum atomic E-state index is 13.6. The van der Waals surface area contributed by atoms with Crippen molar-refractivity contribution in [3.63, 3.8) is 0 Å². The molecule has 0 saturated carbocycles. The van der Waals surface area contributed by atoms with Crippen LogP contribution in [0, 0.1) is 11.6 Å². The number of anilines is 1. The molecule has 1 aromatic carbocycles. The van der Waals surface area contributed by atoms with E-state index in [4.69, 9.17) is 0 Å². The highest BCUT2D eigenvalue weighted by Crippen LogP contribution is 2.30. The molecule has 3 aromatic rings. The lowest BCUT2D eigenvalue weighted by molar-refractivity contribution is -0.142. The first-order valence-corrected chi connectivity index (χ1v) is 7.53. The molecule has 1 amide bonds. The van der Waals surface area contributed by atoms with Gasteiger partial charge < -0.3 is 5.32 Å². The standard InChI is InChI=1S/C17H12F5N3O/c18-11-3-1-10(2-4-11)15-16(24-14(26)7-8-17(20,21)22)23-13-6-5-12(19)9-25(13)15/h1-6,9H,7-8H2,(H,24,26). The number of alkyl halides is 3. The summed E-state index contributed by atoms with van der Waals surface area (Å²) < 4.78 is 64.9. The molecule has 0 atom stereocenters. The Labute approximate surface area is 144 Å². The number of fused-ring (bicyclic) bond motifs is 1. The number of rotatable bonds is 4. The van der Waals surface area contributed by atoms with E-state index >= 15 is 0 Å². The van der Waals surface area contributed by atoms with Crippen molar-refractivity contribution < 1.29 is 26.7 Å². The molecule has 26 heavy (non-hydrogen) atoms. The number of nitrogens with one attached hydrogen (secondary N) is 1. The van der Waals surface area contributed by atoms with Gasteiger partial charge in [-0.15, -0.1) is 0 Å². The summed E-state index contributed by atoms with van der Waals surface area (Å²) in [5, 5.41) is 2.32. The average Bonchev–Trinajstić information content (AvgIpc) is 2.90. The van der Waals surface area contributed by atoms with Gasteiger partial charge in [0, 0.05) is 18.2 Å². The molecule has 2 aromatic heterocycles. The minimum Gasteiger partial charge on any atom is -0.309 e. The van der Waals surface area contributed by atoms with Gasteiger partial charge in [-0.25, -0.2) is 13.8 Å². The summed E-state index contributed by atoms with van der Waals surface area (Å²) in [4.78, 5) is 16.0. The molecule has 0 unspecified atom stereocenters. The van der Waals surface area contributed by atoms with E-state index < -0.39 is 36.6 Å². The van der Waals surface area contributed by atoms with Crippen molar-refractivity contribution in [1.82, 2.24) is 9.38 Å². The predicted molar refractivity (Wildman–Crippen MR) is 84.5 cm³/mol. The van der Waals surface area contributed by atoms with Crippen LogP contribution in [0.2, 0.25) is 0 Å². The maximum Gasteiger partial charge on any atom is 0.389 e. The third-order valence-electron chi connectivity index (χ3n) is 3.59. The first-order chi connectivity index (χ1) is 12.2. The van der Waals surface area contributed by atoms with Crippen molar-refractivity contribution in [3.05, 3.63) is 54.2 Å². The van der Waals surface area contributed by atoms with Gasteiger partial charge in [0.1, 0.15) is 17.3 Å². The zero-order valence-corrected chi connectivity index (χ0v) is 13.1. The van der Waals surface area contributed by atoms with Crippen LogP contribution in [-0.4, -0.2) is 21.5 Å². The second-order valence-electron chi connectivity index (χ2n) is 5.55. The third kappa shape index (κ3) is 3.98. The number of hydrogen-bond donors (Lipinski definition) is 1. The number of pyridine rings is 1. The molecule has 0 fully saturated rings. The fourth-order valence-electron chi connectivity index (χ4n) is 2.44. The van der Waals surface area contributed by atoms with E-state index in [0.29, 0.717) is 5.56 Å². The Balaban J connectivity index is 2.00. The number of halogens is 5. The largest absolute Gasteiger partial charge is 0.389 e. The monoisotopic (exact) mass is 369 g/mol. The SMILES string of the molecule is O=C(CCC(F)(F)F)Nc1nc2ccc(F)cn2c1-c1ccc(F)cc1. The molecule has 0 saturated heterocycles. The first kappa shape index (κ1) is 17.8. The van der Waals surface area contributed by atoms with E-state index in [1.807, 2.05) is 0 Å². The van der Waals surface area contributed by atoms with E-state index in [-0.39, 0.29) is 17.2 Å².